The van der Waals surface area contributed by atoms with Crippen molar-refractivity contribution in [3.63, 3.8) is 0 Å². The van der Waals surface area contributed by atoms with Crippen molar-refractivity contribution in [3.8, 4) is 0 Å². The van der Waals surface area contributed by atoms with E-state index in [4.69, 9.17) is 0 Å². The van der Waals surface area contributed by atoms with Gasteiger partial charge in [-0.25, -0.2) is 25.3 Å². The van der Waals surface area contributed by atoms with E-state index in [0.29, 0.717) is 32.9 Å². The molecule has 0 fully saturated rings. The van der Waals surface area contributed by atoms with E-state index in [9.17, 15) is 25.3 Å². The van der Waals surface area contributed by atoms with Gasteiger partial charge in [-0.2, -0.15) is 3.71 Å². The normalized spacial score (nSPS) is 14.2. The molecule has 0 saturated carbocycles. The largest absolute Gasteiger partial charge is 0.277 e. The molecular formula is C30H26N2O6S3. The number of hydrogen-bond donors (Lipinski definition) is 0. The van der Waals surface area contributed by atoms with Gasteiger partial charge >= 0.3 is 0 Å². The van der Waals surface area contributed by atoms with Crippen molar-refractivity contribution in [1.82, 2.24) is 0 Å². The first-order chi connectivity index (χ1) is 19.5. The fourth-order valence-corrected chi connectivity index (χ4v) is 9.98. The van der Waals surface area contributed by atoms with Gasteiger partial charge in [0, 0.05) is 6.54 Å². The molecule has 0 spiro atoms. The van der Waals surface area contributed by atoms with Crippen molar-refractivity contribution in [1.29, 1.82) is 0 Å². The second-order valence-electron chi connectivity index (χ2n) is 9.98. The third-order valence-corrected chi connectivity index (χ3v) is 12.6. The van der Waals surface area contributed by atoms with Crippen LogP contribution >= 0.6 is 0 Å². The van der Waals surface area contributed by atoms with E-state index >= 15 is 0 Å². The highest BCUT2D eigenvalue weighted by Gasteiger charge is 2.38. The van der Waals surface area contributed by atoms with Crippen LogP contribution in [0.4, 0.5) is 11.4 Å². The summed E-state index contributed by atoms with van der Waals surface area (Å²) in [6, 6.07) is 27.6. The zero-order valence-electron chi connectivity index (χ0n) is 22.0. The van der Waals surface area contributed by atoms with Gasteiger partial charge in [0.05, 0.1) is 27.4 Å². The van der Waals surface area contributed by atoms with Crippen LogP contribution in [0.3, 0.4) is 0 Å². The van der Waals surface area contributed by atoms with Crippen LogP contribution in [0, 0.1) is 0 Å². The lowest BCUT2D eigenvalue weighted by Crippen LogP contribution is -2.38. The van der Waals surface area contributed by atoms with Gasteiger partial charge in [-0.15, -0.1) is 0 Å². The van der Waals surface area contributed by atoms with Crippen molar-refractivity contribution < 1.29 is 25.3 Å². The summed E-state index contributed by atoms with van der Waals surface area (Å²) in [7, 11) is -13.1. The molecule has 0 unspecified atom stereocenters. The van der Waals surface area contributed by atoms with Gasteiger partial charge in [0.15, 0.2) is 0 Å². The summed E-state index contributed by atoms with van der Waals surface area (Å²) in [5, 5.41) is 2.86. The lowest BCUT2D eigenvalue weighted by molar-refractivity contribution is 0.584. The topological polar surface area (TPSA) is 109 Å². The lowest BCUT2D eigenvalue weighted by atomic mass is 10.0. The minimum atomic E-state index is -4.71. The molecule has 0 amide bonds. The van der Waals surface area contributed by atoms with Crippen molar-refractivity contribution >= 4 is 63.0 Å². The predicted octanol–water partition coefficient (Wildman–Crippen LogP) is 5.29. The van der Waals surface area contributed by atoms with Gasteiger partial charge in [-0.05, 0) is 76.3 Å². The van der Waals surface area contributed by atoms with E-state index in [2.05, 4.69) is 0 Å². The molecule has 41 heavy (non-hydrogen) atoms. The van der Waals surface area contributed by atoms with Crippen LogP contribution in [0.15, 0.2) is 113 Å². The first-order valence-electron chi connectivity index (χ1n) is 12.9. The maximum absolute atomic E-state index is 14.3. The number of anilines is 2. The summed E-state index contributed by atoms with van der Waals surface area (Å²) in [5.41, 5.74) is 0.779. The molecule has 0 aromatic heterocycles. The summed E-state index contributed by atoms with van der Waals surface area (Å²) >= 11 is 0. The second kappa shape index (κ2) is 9.86. The quantitative estimate of drug-likeness (QED) is 0.260. The molecule has 5 aromatic carbocycles. The average Bonchev–Trinajstić information content (AvgIpc) is 2.95. The van der Waals surface area contributed by atoms with Crippen molar-refractivity contribution in [2.24, 2.45) is 0 Å². The summed E-state index contributed by atoms with van der Waals surface area (Å²) in [6.07, 6.45) is 2.24. The minimum Gasteiger partial charge on any atom is -0.270 e. The number of fused-ring (bicyclic) bond motifs is 3. The highest BCUT2D eigenvalue weighted by atomic mass is 32.3. The van der Waals surface area contributed by atoms with Crippen molar-refractivity contribution in [2.75, 3.05) is 20.8 Å². The molecule has 0 saturated heterocycles. The zero-order chi connectivity index (χ0) is 29.0. The fraction of sp³-hybridized carbons (Fsp3) is 0.133. The molecule has 11 heteroatoms. The monoisotopic (exact) mass is 606 g/mol. The lowest BCUT2D eigenvalue weighted by Gasteiger charge is -2.31. The zero-order valence-corrected chi connectivity index (χ0v) is 24.5. The molecule has 8 nitrogen and oxygen atoms in total. The molecule has 0 aliphatic carbocycles. The first kappa shape index (κ1) is 27.3. The summed E-state index contributed by atoms with van der Waals surface area (Å²) < 4.78 is 84.1. The standard InChI is InChI=1S/C30H26N2O6S3/c1-39(33,34)31-18-6-11-24-12-15-27(21-30(24)31)32(40(35,36)28-16-13-22-7-2-4-9-25(22)19-28)41(37,38)29-17-14-23-8-3-5-10-26(23)20-29/h2-5,7-10,12-17,19-21H,6,11,18H2,1H3. The van der Waals surface area contributed by atoms with Crippen LogP contribution in [0.5, 0.6) is 0 Å². The minimum absolute atomic E-state index is 0.180. The highest BCUT2D eigenvalue weighted by molar-refractivity contribution is 8.10. The average molecular weight is 607 g/mol. The number of nitrogens with zero attached hydrogens (tertiary/aromatic N) is 2. The molecule has 1 aliphatic rings. The number of aryl methyl sites for hydroxylation is 1. The van der Waals surface area contributed by atoms with Crippen molar-refractivity contribution in [2.45, 2.75) is 22.6 Å². The molecule has 0 bridgehead atoms. The summed E-state index contributed by atoms with van der Waals surface area (Å²) in [5.74, 6) is 0. The molecular weight excluding hydrogens is 581 g/mol. The van der Waals surface area contributed by atoms with Crippen LogP contribution in [-0.4, -0.2) is 38.1 Å². The Hall–Kier alpha value is -3.93. The Balaban J connectivity index is 1.59. The van der Waals surface area contributed by atoms with E-state index < -0.39 is 30.1 Å². The third kappa shape index (κ3) is 4.83. The number of benzene rings is 5. The van der Waals surface area contributed by atoms with Crippen LogP contribution in [-0.2, 0) is 36.5 Å². The number of sulfonamides is 3. The second-order valence-corrected chi connectivity index (χ2v) is 15.7. The van der Waals surface area contributed by atoms with E-state index in [1.165, 1.54) is 40.7 Å². The SMILES string of the molecule is CS(=O)(=O)N1CCCc2ccc(N(S(=O)(=O)c3ccc4ccccc4c3)S(=O)(=O)c3ccc4ccccc4c3)cc21. The summed E-state index contributed by atoms with van der Waals surface area (Å²) in [6.45, 7) is 0.212. The molecule has 0 N–H and O–H groups in total. The predicted molar refractivity (Wildman–Crippen MR) is 162 cm³/mol. The van der Waals surface area contributed by atoms with Crippen LogP contribution in [0.25, 0.3) is 21.5 Å². The Morgan fingerprint density at radius 2 is 1.12 bits per heavy atom. The number of hydrogen-bond acceptors (Lipinski definition) is 6. The van der Waals surface area contributed by atoms with E-state index in [0.717, 1.165) is 17.0 Å². The smallest absolute Gasteiger partial charge is 0.270 e. The van der Waals surface area contributed by atoms with E-state index in [1.807, 2.05) is 24.3 Å². The molecule has 1 heterocycles. The molecule has 210 valence electrons. The Labute approximate surface area is 239 Å². The van der Waals surface area contributed by atoms with Gasteiger partial charge in [-0.1, -0.05) is 66.7 Å². The highest BCUT2D eigenvalue weighted by Crippen LogP contribution is 2.38. The Morgan fingerprint density at radius 3 is 1.63 bits per heavy atom. The molecule has 5 aromatic rings. The molecule has 1 aliphatic heterocycles. The van der Waals surface area contributed by atoms with Crippen LogP contribution < -0.4 is 8.02 Å². The van der Waals surface area contributed by atoms with Gasteiger partial charge < -0.3 is 0 Å². The van der Waals surface area contributed by atoms with Crippen molar-refractivity contribution in [3.05, 3.63) is 109 Å². The maximum atomic E-state index is 14.3. The van der Waals surface area contributed by atoms with Crippen LogP contribution in [0.1, 0.15) is 12.0 Å². The fourth-order valence-electron chi connectivity index (χ4n) is 5.24. The Kier molecular flexibility index (Phi) is 6.55. The van der Waals surface area contributed by atoms with Crippen LogP contribution in [0.2, 0.25) is 0 Å². The van der Waals surface area contributed by atoms with Gasteiger partial charge in [0.1, 0.15) is 0 Å². The van der Waals surface area contributed by atoms with E-state index in [1.54, 1.807) is 42.5 Å². The van der Waals surface area contributed by atoms with Gasteiger partial charge in [0.25, 0.3) is 20.0 Å². The van der Waals surface area contributed by atoms with Gasteiger partial charge in [-0.3, -0.25) is 4.31 Å². The molecule has 6 rings (SSSR count). The van der Waals surface area contributed by atoms with Gasteiger partial charge in [0.2, 0.25) is 10.0 Å². The maximum Gasteiger partial charge on any atom is 0.277 e. The van der Waals surface area contributed by atoms with E-state index in [-0.39, 0.29) is 27.7 Å². The molecule has 0 atom stereocenters. The Bertz CT molecular complexity index is 2050. The number of rotatable bonds is 6. The first-order valence-corrected chi connectivity index (χ1v) is 17.6. The molecule has 0 radical (unpaired) electrons. The summed E-state index contributed by atoms with van der Waals surface area (Å²) in [4.78, 5) is -0.420. The third-order valence-electron chi connectivity index (χ3n) is 7.23. The Morgan fingerprint density at radius 1 is 0.610 bits per heavy atom.